The molecule has 5 heteroatoms. The van der Waals surface area contributed by atoms with Crippen LogP contribution in [-0.4, -0.2) is 32.7 Å². The van der Waals surface area contributed by atoms with Crippen LogP contribution in [0.25, 0.3) is 0 Å². The molecule has 0 aromatic heterocycles. The van der Waals surface area contributed by atoms with Gasteiger partial charge in [0.15, 0.2) is 0 Å². The lowest BCUT2D eigenvalue weighted by Crippen LogP contribution is -2.35. The molecule has 0 saturated carbocycles. The fraction of sp³-hybridized carbons (Fsp3) is 0.500. The predicted molar refractivity (Wildman–Crippen MR) is 76.2 cm³/mol. The molecule has 104 valence electrons. The first-order valence-corrected chi connectivity index (χ1v) is 6.55. The summed E-state index contributed by atoms with van der Waals surface area (Å²) in [6, 6.07) is 5.43. The van der Waals surface area contributed by atoms with Crippen LogP contribution < -0.4 is 16.4 Å². The first-order chi connectivity index (χ1) is 9.13. The van der Waals surface area contributed by atoms with Crippen molar-refractivity contribution < 1.29 is 9.53 Å². The molecule has 1 amide bonds. The van der Waals surface area contributed by atoms with Gasteiger partial charge >= 0.3 is 0 Å². The lowest BCUT2D eigenvalue weighted by molar-refractivity contribution is 0.100. The number of amides is 1. The molecular weight excluding hydrogens is 242 g/mol. The minimum atomic E-state index is -0.478. The number of nitrogens with zero attached hydrogens (tertiary/aromatic N) is 1. The first-order valence-electron chi connectivity index (χ1n) is 6.55. The smallest absolute Gasteiger partial charge is 0.250 e. The molecule has 1 aromatic rings. The van der Waals surface area contributed by atoms with E-state index in [9.17, 15) is 4.79 Å². The number of carbonyl (C=O) groups is 1. The van der Waals surface area contributed by atoms with Crippen molar-refractivity contribution in [1.29, 1.82) is 0 Å². The average molecular weight is 263 g/mol. The fourth-order valence-corrected chi connectivity index (χ4v) is 2.62. The molecule has 1 saturated heterocycles. The molecule has 0 atom stereocenters. The van der Waals surface area contributed by atoms with E-state index >= 15 is 0 Å². The second kappa shape index (κ2) is 5.93. The molecule has 19 heavy (non-hydrogen) atoms. The van der Waals surface area contributed by atoms with E-state index in [2.05, 4.69) is 4.90 Å². The average Bonchev–Trinajstić information content (AvgIpc) is 2.40. The SMILES string of the molecule is COCC1CCN(c2cccc(C(N)=O)c2N)CC1. The number of hydrogen-bond acceptors (Lipinski definition) is 4. The third-order valence-corrected chi connectivity index (χ3v) is 3.71. The first kappa shape index (κ1) is 13.7. The number of hydrogen-bond donors (Lipinski definition) is 2. The van der Waals surface area contributed by atoms with Gasteiger partial charge in [-0.3, -0.25) is 4.79 Å². The van der Waals surface area contributed by atoms with Crippen molar-refractivity contribution in [3.63, 3.8) is 0 Å². The van der Waals surface area contributed by atoms with E-state index in [-0.39, 0.29) is 0 Å². The van der Waals surface area contributed by atoms with E-state index in [0.717, 1.165) is 38.2 Å². The molecule has 0 bridgehead atoms. The van der Waals surface area contributed by atoms with Crippen molar-refractivity contribution in [3.05, 3.63) is 23.8 Å². The number of benzene rings is 1. The maximum atomic E-state index is 11.3. The Morgan fingerprint density at radius 2 is 2.11 bits per heavy atom. The number of ether oxygens (including phenoxy) is 1. The number of nitrogen functional groups attached to an aromatic ring is 1. The number of methoxy groups -OCH3 is 1. The van der Waals surface area contributed by atoms with Crippen molar-refractivity contribution >= 4 is 17.3 Å². The number of piperidine rings is 1. The molecule has 0 aliphatic carbocycles. The molecule has 1 aromatic carbocycles. The second-order valence-electron chi connectivity index (χ2n) is 4.99. The zero-order valence-corrected chi connectivity index (χ0v) is 11.3. The van der Waals surface area contributed by atoms with Crippen LogP contribution in [0.4, 0.5) is 11.4 Å². The molecule has 1 heterocycles. The number of para-hydroxylation sites is 1. The molecule has 0 unspecified atom stereocenters. The van der Waals surface area contributed by atoms with Gasteiger partial charge in [-0.2, -0.15) is 0 Å². The van der Waals surface area contributed by atoms with Gasteiger partial charge < -0.3 is 21.1 Å². The summed E-state index contributed by atoms with van der Waals surface area (Å²) < 4.78 is 5.19. The van der Waals surface area contributed by atoms with Crippen molar-refractivity contribution in [3.8, 4) is 0 Å². The Bertz CT molecular complexity index is 454. The van der Waals surface area contributed by atoms with Gasteiger partial charge in [0.25, 0.3) is 5.91 Å². The maximum Gasteiger partial charge on any atom is 0.250 e. The number of anilines is 2. The minimum absolute atomic E-state index is 0.400. The third kappa shape index (κ3) is 2.98. The number of primary amides is 1. The molecule has 1 aliphatic rings. The topological polar surface area (TPSA) is 81.6 Å². The Kier molecular flexibility index (Phi) is 4.27. The van der Waals surface area contributed by atoms with Gasteiger partial charge in [0.05, 0.1) is 16.9 Å². The highest BCUT2D eigenvalue weighted by atomic mass is 16.5. The molecule has 0 spiro atoms. The minimum Gasteiger partial charge on any atom is -0.396 e. The molecule has 1 aliphatic heterocycles. The monoisotopic (exact) mass is 263 g/mol. The van der Waals surface area contributed by atoms with Gasteiger partial charge in [-0.15, -0.1) is 0 Å². The normalized spacial score (nSPS) is 16.6. The highest BCUT2D eigenvalue weighted by Crippen LogP contribution is 2.30. The molecule has 2 rings (SSSR count). The van der Waals surface area contributed by atoms with Gasteiger partial charge in [0, 0.05) is 26.8 Å². The molecule has 1 fully saturated rings. The maximum absolute atomic E-state index is 11.3. The highest BCUT2D eigenvalue weighted by molar-refractivity contribution is 6.00. The van der Waals surface area contributed by atoms with E-state index in [1.54, 1.807) is 13.2 Å². The van der Waals surface area contributed by atoms with Gasteiger partial charge in [-0.1, -0.05) is 6.07 Å². The van der Waals surface area contributed by atoms with Gasteiger partial charge in [-0.25, -0.2) is 0 Å². The predicted octanol–water partition coefficient (Wildman–Crippen LogP) is 1.23. The van der Waals surface area contributed by atoms with Crippen LogP contribution in [0, 0.1) is 5.92 Å². The van der Waals surface area contributed by atoms with E-state index in [0.29, 0.717) is 17.2 Å². The summed E-state index contributed by atoms with van der Waals surface area (Å²) in [6.45, 7) is 2.67. The van der Waals surface area contributed by atoms with Crippen LogP contribution in [-0.2, 0) is 4.74 Å². The van der Waals surface area contributed by atoms with Crippen molar-refractivity contribution in [1.82, 2.24) is 0 Å². The van der Waals surface area contributed by atoms with Crippen LogP contribution in [0.2, 0.25) is 0 Å². The molecule has 4 N–H and O–H groups in total. The number of nitrogens with two attached hydrogens (primary N) is 2. The Morgan fingerprint density at radius 3 is 2.68 bits per heavy atom. The molecule has 5 nitrogen and oxygen atoms in total. The molecule has 0 radical (unpaired) electrons. The quantitative estimate of drug-likeness (QED) is 0.801. The van der Waals surface area contributed by atoms with Crippen LogP contribution in [0.15, 0.2) is 18.2 Å². The lowest BCUT2D eigenvalue weighted by Gasteiger charge is -2.34. The zero-order chi connectivity index (χ0) is 13.8. The fourth-order valence-electron chi connectivity index (χ4n) is 2.62. The number of carbonyl (C=O) groups excluding carboxylic acids is 1. The summed E-state index contributed by atoms with van der Waals surface area (Å²) in [5, 5.41) is 0. The van der Waals surface area contributed by atoms with Crippen molar-refractivity contribution in [2.75, 3.05) is 37.4 Å². The summed E-state index contributed by atoms with van der Waals surface area (Å²) >= 11 is 0. The highest BCUT2D eigenvalue weighted by Gasteiger charge is 2.21. The van der Waals surface area contributed by atoms with E-state index in [1.807, 2.05) is 12.1 Å². The van der Waals surface area contributed by atoms with E-state index in [4.69, 9.17) is 16.2 Å². The van der Waals surface area contributed by atoms with Gasteiger partial charge in [0.2, 0.25) is 0 Å². The van der Waals surface area contributed by atoms with Gasteiger partial charge in [-0.05, 0) is 30.9 Å². The zero-order valence-electron chi connectivity index (χ0n) is 11.3. The molecular formula is C14H21N3O2. The van der Waals surface area contributed by atoms with Gasteiger partial charge in [0.1, 0.15) is 0 Å². The summed E-state index contributed by atoms with van der Waals surface area (Å²) in [6.07, 6.45) is 2.15. The summed E-state index contributed by atoms with van der Waals surface area (Å²) in [5.74, 6) is 0.135. The second-order valence-corrected chi connectivity index (χ2v) is 4.99. The lowest BCUT2D eigenvalue weighted by atomic mass is 9.97. The largest absolute Gasteiger partial charge is 0.396 e. The Hall–Kier alpha value is -1.75. The third-order valence-electron chi connectivity index (χ3n) is 3.71. The van der Waals surface area contributed by atoms with Crippen LogP contribution in [0.1, 0.15) is 23.2 Å². The van der Waals surface area contributed by atoms with Crippen molar-refractivity contribution in [2.24, 2.45) is 11.7 Å². The Morgan fingerprint density at radius 1 is 1.42 bits per heavy atom. The number of rotatable bonds is 4. The van der Waals surface area contributed by atoms with Crippen LogP contribution in [0.3, 0.4) is 0 Å². The van der Waals surface area contributed by atoms with E-state index in [1.165, 1.54) is 0 Å². The standard InChI is InChI=1S/C14H21N3O2/c1-19-9-10-5-7-17(8-6-10)12-4-2-3-11(13(12)15)14(16)18/h2-4,10H,5-9,15H2,1H3,(H2,16,18). The van der Waals surface area contributed by atoms with E-state index < -0.39 is 5.91 Å². The van der Waals surface area contributed by atoms with Crippen LogP contribution >= 0.6 is 0 Å². The Labute approximate surface area is 113 Å². The summed E-state index contributed by atoms with van der Waals surface area (Å²) in [5.41, 5.74) is 13.2. The summed E-state index contributed by atoms with van der Waals surface area (Å²) in [4.78, 5) is 13.5. The summed E-state index contributed by atoms with van der Waals surface area (Å²) in [7, 11) is 1.74. The van der Waals surface area contributed by atoms with Crippen LogP contribution in [0.5, 0.6) is 0 Å². The Balaban J connectivity index is 2.11. The van der Waals surface area contributed by atoms with Crippen molar-refractivity contribution in [2.45, 2.75) is 12.8 Å².